The molecule has 11 heteroatoms. The van der Waals surface area contributed by atoms with Crippen LogP contribution in [-0.4, -0.2) is 23.9 Å². The van der Waals surface area contributed by atoms with E-state index in [9.17, 15) is 35.9 Å². The van der Waals surface area contributed by atoms with E-state index in [4.69, 9.17) is 0 Å². The minimum atomic E-state index is -4.43. The van der Waals surface area contributed by atoms with Gasteiger partial charge in [0.25, 0.3) is 5.91 Å². The van der Waals surface area contributed by atoms with Gasteiger partial charge in [-0.2, -0.15) is 13.2 Å². The lowest BCUT2D eigenvalue weighted by atomic mass is 10.2. The second kappa shape index (κ2) is 8.33. The van der Waals surface area contributed by atoms with E-state index in [1.54, 1.807) is 5.32 Å². The van der Waals surface area contributed by atoms with Gasteiger partial charge in [0.05, 0.1) is 11.4 Å². The first-order chi connectivity index (χ1) is 12.6. The number of halogens is 6. The third kappa shape index (κ3) is 5.91. The van der Waals surface area contributed by atoms with Crippen molar-refractivity contribution in [2.45, 2.75) is 11.1 Å². The Bertz CT molecular complexity index is 852. The second-order valence-corrected chi connectivity index (χ2v) is 6.10. The van der Waals surface area contributed by atoms with Crippen LogP contribution in [-0.2, 0) is 0 Å². The van der Waals surface area contributed by atoms with E-state index in [1.165, 1.54) is 0 Å². The zero-order valence-corrected chi connectivity index (χ0v) is 14.0. The molecule has 0 saturated carbocycles. The Hall–Kier alpha value is -2.69. The van der Waals surface area contributed by atoms with Gasteiger partial charge in [0.1, 0.15) is 23.0 Å². The van der Waals surface area contributed by atoms with Gasteiger partial charge in [0.15, 0.2) is 0 Å². The Kier molecular flexibility index (Phi) is 6.37. The number of carbonyl (C=O) groups excluding carboxylic acids is 2. The quantitative estimate of drug-likeness (QED) is 0.569. The lowest BCUT2D eigenvalue weighted by molar-refractivity contribution is -0.105. The number of hydrogen-bond acceptors (Lipinski definition) is 3. The molecule has 4 nitrogen and oxygen atoms in total. The fourth-order valence-corrected chi connectivity index (χ4v) is 2.57. The Labute approximate surface area is 152 Å². The van der Waals surface area contributed by atoms with Crippen molar-refractivity contribution in [3.63, 3.8) is 0 Å². The average Bonchev–Trinajstić information content (AvgIpc) is 2.54. The molecule has 2 aromatic carbocycles. The van der Waals surface area contributed by atoms with Crippen molar-refractivity contribution in [3.8, 4) is 0 Å². The van der Waals surface area contributed by atoms with Crippen molar-refractivity contribution in [3.05, 3.63) is 59.4 Å². The van der Waals surface area contributed by atoms with Crippen molar-refractivity contribution in [1.82, 2.24) is 5.32 Å². The molecule has 2 N–H and O–H groups in total. The Morgan fingerprint density at radius 3 is 2.15 bits per heavy atom. The molecular weight excluding hydrogens is 398 g/mol. The Balaban J connectivity index is 2.02. The topological polar surface area (TPSA) is 58.2 Å². The van der Waals surface area contributed by atoms with Crippen LogP contribution in [0.4, 0.5) is 36.8 Å². The number of benzene rings is 2. The summed E-state index contributed by atoms with van der Waals surface area (Å²) in [5.74, 6) is -6.06. The van der Waals surface area contributed by atoms with Gasteiger partial charge >= 0.3 is 12.2 Å². The number of alkyl halides is 3. The van der Waals surface area contributed by atoms with Crippen molar-refractivity contribution in [2.24, 2.45) is 0 Å². The largest absolute Gasteiger partial charge is 0.398 e. The van der Waals surface area contributed by atoms with Crippen molar-refractivity contribution in [2.75, 3.05) is 11.1 Å². The number of rotatable bonds is 4. The van der Waals surface area contributed by atoms with Crippen LogP contribution >= 0.6 is 11.8 Å². The minimum Gasteiger partial charge on any atom is -0.305 e. The summed E-state index contributed by atoms with van der Waals surface area (Å²) in [6, 6.07) is 4.26. The summed E-state index contributed by atoms with van der Waals surface area (Å²) in [6.45, 7) is 0. The van der Waals surface area contributed by atoms with Gasteiger partial charge in [-0.15, -0.1) is 11.8 Å². The number of hydrogen-bond donors (Lipinski definition) is 2. The summed E-state index contributed by atoms with van der Waals surface area (Å²) in [6.07, 6.45) is -4.43. The van der Waals surface area contributed by atoms with Gasteiger partial charge in [-0.3, -0.25) is 10.1 Å². The molecule has 0 bridgehead atoms. The maximum absolute atomic E-state index is 13.9. The monoisotopic (exact) mass is 408 g/mol. The molecule has 144 valence electrons. The summed E-state index contributed by atoms with van der Waals surface area (Å²) >= 11 is 0.349. The van der Waals surface area contributed by atoms with E-state index >= 15 is 0 Å². The highest BCUT2D eigenvalue weighted by molar-refractivity contribution is 7.99. The summed E-state index contributed by atoms with van der Waals surface area (Å²) < 4.78 is 77.3. The Morgan fingerprint density at radius 2 is 1.59 bits per heavy atom. The van der Waals surface area contributed by atoms with Crippen molar-refractivity contribution >= 4 is 29.4 Å². The lowest BCUT2D eigenvalue weighted by Gasteiger charge is -2.10. The maximum Gasteiger partial charge on any atom is 0.398 e. The number of nitrogens with one attached hydrogen (secondary N) is 2. The minimum absolute atomic E-state index is 0.0275. The van der Waals surface area contributed by atoms with E-state index in [0.29, 0.717) is 11.8 Å². The molecule has 0 unspecified atom stereocenters. The SMILES string of the molecule is O=C(NC(=O)c1c(F)cccc1F)Nc1ccc(SCC(F)(F)F)cc1F. The molecule has 0 saturated heterocycles. The van der Waals surface area contributed by atoms with Gasteiger partial charge in [0.2, 0.25) is 0 Å². The number of thioether (sulfide) groups is 1. The molecule has 2 aromatic rings. The predicted octanol–water partition coefficient (Wildman–Crippen LogP) is 4.72. The van der Waals surface area contributed by atoms with Crippen molar-refractivity contribution in [1.29, 1.82) is 0 Å². The first-order valence-corrected chi connectivity index (χ1v) is 8.11. The molecule has 3 amide bonds. The molecule has 0 aromatic heterocycles. The number of carbonyl (C=O) groups is 2. The maximum atomic E-state index is 13.9. The third-order valence-electron chi connectivity index (χ3n) is 3.01. The van der Waals surface area contributed by atoms with E-state index in [0.717, 1.165) is 36.4 Å². The summed E-state index contributed by atoms with van der Waals surface area (Å²) in [5, 5.41) is 3.55. The number of urea groups is 1. The Morgan fingerprint density at radius 1 is 0.963 bits per heavy atom. The highest BCUT2D eigenvalue weighted by Gasteiger charge is 2.27. The van der Waals surface area contributed by atoms with E-state index in [2.05, 4.69) is 0 Å². The van der Waals surface area contributed by atoms with Crippen LogP contribution in [0.15, 0.2) is 41.3 Å². The zero-order chi connectivity index (χ0) is 20.2. The van der Waals surface area contributed by atoms with Crippen LogP contribution in [0.5, 0.6) is 0 Å². The predicted molar refractivity (Wildman–Crippen MR) is 86.0 cm³/mol. The van der Waals surface area contributed by atoms with Crippen LogP contribution in [0.2, 0.25) is 0 Å². The molecule has 0 aliphatic rings. The fraction of sp³-hybridized carbons (Fsp3) is 0.125. The van der Waals surface area contributed by atoms with Crippen LogP contribution in [0.25, 0.3) is 0 Å². The molecule has 0 radical (unpaired) electrons. The van der Waals surface area contributed by atoms with Crippen LogP contribution in [0, 0.1) is 17.5 Å². The van der Waals surface area contributed by atoms with Crippen LogP contribution < -0.4 is 10.6 Å². The molecule has 0 aliphatic carbocycles. The van der Waals surface area contributed by atoms with Crippen LogP contribution in [0.1, 0.15) is 10.4 Å². The molecule has 0 atom stereocenters. The summed E-state index contributed by atoms with van der Waals surface area (Å²) in [4.78, 5) is 23.4. The van der Waals surface area contributed by atoms with Crippen molar-refractivity contribution < 1.29 is 35.9 Å². The van der Waals surface area contributed by atoms with Gasteiger partial charge in [-0.1, -0.05) is 6.07 Å². The summed E-state index contributed by atoms with van der Waals surface area (Å²) in [7, 11) is 0. The third-order valence-corrected chi connectivity index (χ3v) is 4.07. The molecule has 0 heterocycles. The highest BCUT2D eigenvalue weighted by Crippen LogP contribution is 2.29. The second-order valence-electron chi connectivity index (χ2n) is 5.05. The fourth-order valence-electron chi connectivity index (χ4n) is 1.89. The molecule has 0 spiro atoms. The van der Waals surface area contributed by atoms with E-state index < -0.39 is 52.6 Å². The average molecular weight is 408 g/mol. The lowest BCUT2D eigenvalue weighted by Crippen LogP contribution is -2.35. The first-order valence-electron chi connectivity index (χ1n) is 7.12. The molecule has 2 rings (SSSR count). The number of amides is 3. The number of imide groups is 1. The van der Waals surface area contributed by atoms with E-state index in [1.807, 2.05) is 5.32 Å². The van der Waals surface area contributed by atoms with Gasteiger partial charge < -0.3 is 5.32 Å². The highest BCUT2D eigenvalue weighted by atomic mass is 32.2. The molecular formula is C16H10F6N2O2S. The molecule has 0 aliphatic heterocycles. The summed E-state index contributed by atoms with van der Waals surface area (Å²) in [5.41, 5.74) is -1.43. The van der Waals surface area contributed by atoms with Gasteiger partial charge in [-0.25, -0.2) is 18.0 Å². The van der Waals surface area contributed by atoms with Gasteiger partial charge in [-0.05, 0) is 30.3 Å². The molecule has 0 fully saturated rings. The van der Waals surface area contributed by atoms with E-state index in [-0.39, 0.29) is 4.90 Å². The first kappa shape index (κ1) is 20.6. The van der Waals surface area contributed by atoms with Crippen LogP contribution in [0.3, 0.4) is 0 Å². The zero-order valence-electron chi connectivity index (χ0n) is 13.2. The molecule has 27 heavy (non-hydrogen) atoms. The smallest absolute Gasteiger partial charge is 0.305 e. The van der Waals surface area contributed by atoms with Gasteiger partial charge in [0, 0.05) is 4.90 Å². The standard InChI is InChI=1S/C16H10F6N2O2S/c17-9-2-1-3-10(18)13(9)14(25)24-15(26)23-12-5-4-8(6-11(12)19)27-7-16(20,21)22/h1-6H,7H2,(H2,23,24,25,26). The number of anilines is 1. The normalized spacial score (nSPS) is 11.2.